The third-order valence-corrected chi connectivity index (χ3v) is 5.70. The van der Waals surface area contributed by atoms with Gasteiger partial charge in [0, 0.05) is 37.9 Å². The van der Waals surface area contributed by atoms with Gasteiger partial charge >= 0.3 is 6.03 Å². The molecule has 3 amide bonds. The molecule has 1 aliphatic heterocycles. The van der Waals surface area contributed by atoms with E-state index in [0.717, 1.165) is 22.4 Å². The third kappa shape index (κ3) is 4.30. The van der Waals surface area contributed by atoms with Gasteiger partial charge in [-0.1, -0.05) is 42.0 Å². The van der Waals surface area contributed by atoms with Crippen molar-refractivity contribution in [2.45, 2.75) is 20.3 Å². The lowest BCUT2D eigenvalue weighted by Crippen LogP contribution is -2.39. The Morgan fingerprint density at radius 1 is 0.935 bits per heavy atom. The molecule has 160 valence electrons. The molecule has 1 saturated heterocycles. The molecule has 2 heterocycles. The first-order valence-corrected chi connectivity index (χ1v) is 10.5. The maximum atomic E-state index is 13.6. The maximum absolute atomic E-state index is 13.6. The number of rotatable bonds is 3. The van der Waals surface area contributed by atoms with Gasteiger partial charge in [0.25, 0.3) is 5.91 Å². The molecule has 0 radical (unpaired) electrons. The summed E-state index contributed by atoms with van der Waals surface area (Å²) in [5, 5.41) is 4.81. The number of nitrogens with zero attached hydrogens (tertiary/aromatic N) is 4. The van der Waals surface area contributed by atoms with E-state index >= 15 is 0 Å². The summed E-state index contributed by atoms with van der Waals surface area (Å²) in [6.45, 7) is 6.11. The second-order valence-electron chi connectivity index (χ2n) is 7.96. The molecule has 0 unspecified atom stereocenters. The van der Waals surface area contributed by atoms with Crippen molar-refractivity contribution in [1.82, 2.24) is 19.6 Å². The lowest BCUT2D eigenvalue weighted by molar-refractivity contribution is 0.0763. The summed E-state index contributed by atoms with van der Waals surface area (Å²) in [5.41, 5.74) is 10.7. The van der Waals surface area contributed by atoms with Crippen molar-refractivity contribution in [1.29, 1.82) is 0 Å². The Kier molecular flexibility index (Phi) is 5.75. The highest BCUT2D eigenvalue weighted by Gasteiger charge is 2.26. The van der Waals surface area contributed by atoms with Crippen molar-refractivity contribution in [3.8, 4) is 16.9 Å². The van der Waals surface area contributed by atoms with Crippen LogP contribution in [0.5, 0.6) is 0 Å². The molecular weight excluding hydrogens is 390 g/mol. The average molecular weight is 418 g/mol. The number of urea groups is 1. The van der Waals surface area contributed by atoms with Crippen LogP contribution in [-0.4, -0.2) is 57.7 Å². The van der Waals surface area contributed by atoms with Gasteiger partial charge in [0.15, 0.2) is 0 Å². The molecule has 1 aliphatic rings. The minimum absolute atomic E-state index is 0.0801. The highest BCUT2D eigenvalue weighted by atomic mass is 16.2. The number of aryl methyl sites for hydroxylation is 2. The average Bonchev–Trinajstić information content (AvgIpc) is 3.03. The number of hydrogen-bond acceptors (Lipinski definition) is 3. The molecule has 1 aromatic heterocycles. The summed E-state index contributed by atoms with van der Waals surface area (Å²) in [7, 11) is 0. The number of benzene rings is 2. The summed E-state index contributed by atoms with van der Waals surface area (Å²) in [6.07, 6.45) is 2.50. The van der Waals surface area contributed by atoms with E-state index in [1.165, 1.54) is 0 Å². The molecule has 1 fully saturated rings. The van der Waals surface area contributed by atoms with Crippen LogP contribution >= 0.6 is 0 Å². The molecule has 0 spiro atoms. The SMILES string of the molecule is Cc1ccc(-c2nn(-c3ccccc3)cc2C(=O)N2CCCN(C(N)=O)CC2)c(C)c1. The van der Waals surface area contributed by atoms with Gasteiger partial charge in [0.05, 0.1) is 11.3 Å². The third-order valence-electron chi connectivity index (χ3n) is 5.70. The van der Waals surface area contributed by atoms with Crippen molar-refractivity contribution in [3.05, 3.63) is 71.4 Å². The minimum Gasteiger partial charge on any atom is -0.351 e. The first kappa shape index (κ1) is 20.7. The molecule has 7 heteroatoms. The van der Waals surface area contributed by atoms with Crippen molar-refractivity contribution < 1.29 is 9.59 Å². The van der Waals surface area contributed by atoms with E-state index in [4.69, 9.17) is 10.8 Å². The number of para-hydroxylation sites is 1. The molecule has 0 aliphatic carbocycles. The lowest BCUT2D eigenvalue weighted by Gasteiger charge is -2.21. The highest BCUT2D eigenvalue weighted by Crippen LogP contribution is 2.28. The molecule has 4 rings (SSSR count). The van der Waals surface area contributed by atoms with E-state index in [9.17, 15) is 9.59 Å². The van der Waals surface area contributed by atoms with Gasteiger partial charge in [0.1, 0.15) is 5.69 Å². The van der Waals surface area contributed by atoms with E-state index in [-0.39, 0.29) is 5.91 Å². The van der Waals surface area contributed by atoms with E-state index in [1.807, 2.05) is 62.5 Å². The van der Waals surface area contributed by atoms with Crippen molar-refractivity contribution in [3.63, 3.8) is 0 Å². The summed E-state index contributed by atoms with van der Waals surface area (Å²) in [4.78, 5) is 28.5. The van der Waals surface area contributed by atoms with Crippen LogP contribution in [0.25, 0.3) is 16.9 Å². The number of carbonyl (C=O) groups excluding carboxylic acids is 2. The van der Waals surface area contributed by atoms with Crippen molar-refractivity contribution >= 4 is 11.9 Å². The number of nitrogens with two attached hydrogens (primary N) is 1. The quantitative estimate of drug-likeness (QED) is 0.709. The predicted octanol–water partition coefficient (Wildman–Crippen LogP) is 3.38. The van der Waals surface area contributed by atoms with Crippen LogP contribution in [-0.2, 0) is 0 Å². The topological polar surface area (TPSA) is 84.5 Å². The largest absolute Gasteiger partial charge is 0.351 e. The molecule has 0 saturated carbocycles. The Labute approximate surface area is 182 Å². The zero-order valence-electron chi connectivity index (χ0n) is 17.9. The fourth-order valence-corrected chi connectivity index (χ4v) is 4.03. The Hall–Kier alpha value is -3.61. The first-order valence-electron chi connectivity index (χ1n) is 10.5. The van der Waals surface area contributed by atoms with Crippen LogP contribution in [0.1, 0.15) is 27.9 Å². The number of carbonyl (C=O) groups is 2. The molecule has 2 aromatic carbocycles. The standard InChI is InChI=1S/C24H27N5O2/c1-17-9-10-20(18(2)15-17)22-21(16-29(26-22)19-7-4-3-5-8-19)23(30)27-11-6-12-28(14-13-27)24(25)31/h3-5,7-10,15-16H,6,11-14H2,1-2H3,(H2,25,31). The molecule has 2 N–H and O–H groups in total. The Morgan fingerprint density at radius 3 is 2.35 bits per heavy atom. The van der Waals surface area contributed by atoms with E-state index in [0.29, 0.717) is 43.9 Å². The summed E-state index contributed by atoms with van der Waals surface area (Å²) < 4.78 is 1.76. The Bertz CT molecular complexity index is 1110. The molecular formula is C24H27N5O2. The van der Waals surface area contributed by atoms with E-state index in [1.54, 1.807) is 14.5 Å². The van der Waals surface area contributed by atoms with Crippen molar-refractivity contribution in [2.75, 3.05) is 26.2 Å². The second-order valence-corrected chi connectivity index (χ2v) is 7.96. The van der Waals surface area contributed by atoms with E-state index < -0.39 is 6.03 Å². The van der Waals surface area contributed by atoms with Crippen LogP contribution < -0.4 is 5.73 Å². The summed E-state index contributed by atoms with van der Waals surface area (Å²) in [6, 6.07) is 15.5. The molecule has 7 nitrogen and oxygen atoms in total. The summed E-state index contributed by atoms with van der Waals surface area (Å²) in [5.74, 6) is -0.0801. The van der Waals surface area contributed by atoms with Crippen LogP contribution in [0.3, 0.4) is 0 Å². The normalized spacial score (nSPS) is 14.4. The fourth-order valence-electron chi connectivity index (χ4n) is 4.03. The minimum atomic E-state index is -0.442. The monoisotopic (exact) mass is 417 g/mol. The van der Waals surface area contributed by atoms with Gasteiger partial charge in [-0.15, -0.1) is 0 Å². The van der Waals surface area contributed by atoms with Gasteiger partial charge < -0.3 is 15.5 Å². The molecule has 3 aromatic rings. The zero-order chi connectivity index (χ0) is 22.0. The van der Waals surface area contributed by atoms with Crippen LogP contribution in [0.15, 0.2) is 54.7 Å². The Morgan fingerprint density at radius 2 is 1.65 bits per heavy atom. The number of amides is 3. The van der Waals surface area contributed by atoms with Gasteiger partial charge in [-0.05, 0) is 38.0 Å². The number of hydrogen-bond donors (Lipinski definition) is 1. The zero-order valence-corrected chi connectivity index (χ0v) is 17.9. The van der Waals surface area contributed by atoms with Gasteiger partial charge in [-0.2, -0.15) is 5.10 Å². The molecule has 0 atom stereocenters. The van der Waals surface area contributed by atoms with Crippen molar-refractivity contribution in [2.24, 2.45) is 5.73 Å². The van der Waals surface area contributed by atoms with Gasteiger partial charge in [-0.25, -0.2) is 9.48 Å². The molecule has 0 bridgehead atoms. The smallest absolute Gasteiger partial charge is 0.314 e. The van der Waals surface area contributed by atoms with Crippen LogP contribution in [0.2, 0.25) is 0 Å². The Balaban J connectivity index is 1.74. The second kappa shape index (κ2) is 8.63. The number of aromatic nitrogens is 2. The highest BCUT2D eigenvalue weighted by molar-refractivity contribution is 6.00. The first-order chi connectivity index (χ1) is 14.9. The number of primary amides is 1. The summed E-state index contributed by atoms with van der Waals surface area (Å²) >= 11 is 0. The maximum Gasteiger partial charge on any atom is 0.314 e. The fraction of sp³-hybridized carbons (Fsp3) is 0.292. The van der Waals surface area contributed by atoms with Gasteiger partial charge in [0.2, 0.25) is 0 Å². The van der Waals surface area contributed by atoms with Crippen LogP contribution in [0.4, 0.5) is 4.79 Å². The van der Waals surface area contributed by atoms with Crippen LogP contribution in [0, 0.1) is 13.8 Å². The molecule has 31 heavy (non-hydrogen) atoms. The van der Waals surface area contributed by atoms with E-state index in [2.05, 4.69) is 6.07 Å². The van der Waals surface area contributed by atoms with Gasteiger partial charge in [-0.3, -0.25) is 4.79 Å². The lowest BCUT2D eigenvalue weighted by atomic mass is 10.00. The predicted molar refractivity (Wildman–Crippen MR) is 120 cm³/mol.